The van der Waals surface area contributed by atoms with Gasteiger partial charge in [-0.05, 0) is 50.3 Å². The Labute approximate surface area is 151 Å². The minimum Gasteiger partial charge on any atom is -0.347 e. The molecule has 26 heavy (non-hydrogen) atoms. The molecule has 0 radical (unpaired) electrons. The van der Waals surface area contributed by atoms with Crippen LogP contribution in [0.2, 0.25) is 0 Å². The molecule has 0 bridgehead atoms. The van der Waals surface area contributed by atoms with Crippen LogP contribution in [-0.4, -0.2) is 41.7 Å². The third-order valence-corrected chi connectivity index (χ3v) is 6.81. The summed E-state index contributed by atoms with van der Waals surface area (Å²) >= 11 is 0. The summed E-state index contributed by atoms with van der Waals surface area (Å²) in [5.41, 5.74) is 3.12. The number of nitrogens with zero attached hydrogens (tertiary/aromatic N) is 2. The predicted molar refractivity (Wildman–Crippen MR) is 94.8 cm³/mol. The van der Waals surface area contributed by atoms with Crippen LogP contribution in [0, 0.1) is 12.7 Å². The molecule has 138 valence electrons. The highest BCUT2D eigenvalue weighted by atomic mass is 32.2. The summed E-state index contributed by atoms with van der Waals surface area (Å²) in [4.78, 5) is 12.7. The Hall–Kier alpha value is -2.22. The van der Waals surface area contributed by atoms with Crippen LogP contribution in [0.15, 0.2) is 18.2 Å². The van der Waals surface area contributed by atoms with E-state index in [0.29, 0.717) is 18.5 Å². The molecule has 1 aromatic heterocycles. The van der Waals surface area contributed by atoms with E-state index in [2.05, 4.69) is 10.4 Å². The normalized spacial score (nSPS) is 20.9. The quantitative estimate of drug-likeness (QED) is 0.883. The third kappa shape index (κ3) is 3.02. The second kappa shape index (κ2) is 6.19. The summed E-state index contributed by atoms with van der Waals surface area (Å²) < 4.78 is 39.1. The fourth-order valence-corrected chi connectivity index (χ4v) is 5.44. The molecule has 1 fully saturated rings. The van der Waals surface area contributed by atoms with Crippen molar-refractivity contribution in [2.45, 2.75) is 38.6 Å². The number of hydrogen-bond donors (Lipinski definition) is 1. The average Bonchev–Trinajstić information content (AvgIpc) is 3.23. The van der Waals surface area contributed by atoms with Gasteiger partial charge in [0.15, 0.2) is 15.5 Å². The number of nitrogens with one attached hydrogen (secondary N) is 1. The second-order valence-electron chi connectivity index (χ2n) is 7.07. The molecule has 1 atom stereocenters. The van der Waals surface area contributed by atoms with E-state index in [9.17, 15) is 17.6 Å². The van der Waals surface area contributed by atoms with E-state index < -0.39 is 9.84 Å². The highest BCUT2D eigenvalue weighted by Crippen LogP contribution is 2.29. The zero-order chi connectivity index (χ0) is 18.5. The van der Waals surface area contributed by atoms with Crippen LogP contribution >= 0.6 is 0 Å². The zero-order valence-electron chi connectivity index (χ0n) is 14.5. The molecule has 1 saturated heterocycles. The monoisotopic (exact) mass is 377 g/mol. The van der Waals surface area contributed by atoms with Crippen molar-refractivity contribution in [3.8, 4) is 5.69 Å². The number of carbonyl (C=O) groups excluding carboxylic acids is 1. The molecule has 2 heterocycles. The molecule has 1 aliphatic carbocycles. The fourth-order valence-electron chi connectivity index (χ4n) is 3.77. The van der Waals surface area contributed by atoms with Gasteiger partial charge in [-0.15, -0.1) is 0 Å². The van der Waals surface area contributed by atoms with Crippen LogP contribution in [0.4, 0.5) is 4.39 Å². The fraction of sp³-hybridized carbons (Fsp3) is 0.444. The predicted octanol–water partition coefficient (Wildman–Crippen LogP) is 1.73. The summed E-state index contributed by atoms with van der Waals surface area (Å²) in [7, 11) is -3.07. The van der Waals surface area contributed by atoms with E-state index >= 15 is 0 Å². The Morgan fingerprint density at radius 3 is 2.85 bits per heavy atom. The van der Waals surface area contributed by atoms with Crippen LogP contribution in [0.25, 0.3) is 5.69 Å². The molecule has 1 aromatic carbocycles. The minimum atomic E-state index is -3.07. The summed E-state index contributed by atoms with van der Waals surface area (Å²) in [6.07, 6.45) is 2.76. The van der Waals surface area contributed by atoms with Crippen molar-refractivity contribution in [1.29, 1.82) is 0 Å². The number of carbonyl (C=O) groups is 1. The topological polar surface area (TPSA) is 81.1 Å². The lowest BCUT2D eigenvalue weighted by atomic mass is 10.1. The molecule has 1 unspecified atom stereocenters. The van der Waals surface area contributed by atoms with Gasteiger partial charge in [0.1, 0.15) is 11.5 Å². The molecule has 1 aliphatic heterocycles. The number of benzene rings is 1. The van der Waals surface area contributed by atoms with E-state index in [-0.39, 0.29) is 35.0 Å². The lowest BCUT2D eigenvalue weighted by Crippen LogP contribution is -2.36. The molecule has 4 rings (SSSR count). The first-order chi connectivity index (χ1) is 12.3. The first-order valence-corrected chi connectivity index (χ1v) is 10.5. The summed E-state index contributed by atoms with van der Waals surface area (Å²) in [6.45, 7) is 1.81. The van der Waals surface area contributed by atoms with Crippen LogP contribution in [-0.2, 0) is 22.7 Å². The minimum absolute atomic E-state index is 0.0335. The Bertz CT molecular complexity index is 997. The van der Waals surface area contributed by atoms with E-state index in [1.807, 2.05) is 13.0 Å². The molecule has 2 aliphatic rings. The van der Waals surface area contributed by atoms with Gasteiger partial charge < -0.3 is 5.32 Å². The van der Waals surface area contributed by atoms with Crippen LogP contribution < -0.4 is 5.32 Å². The third-order valence-electron chi connectivity index (χ3n) is 5.04. The van der Waals surface area contributed by atoms with Crippen molar-refractivity contribution in [2.24, 2.45) is 0 Å². The van der Waals surface area contributed by atoms with Gasteiger partial charge in [0.2, 0.25) is 0 Å². The second-order valence-corrected chi connectivity index (χ2v) is 9.30. The number of rotatable bonds is 3. The number of fused-ring (bicyclic) bond motifs is 1. The molecule has 0 spiro atoms. The van der Waals surface area contributed by atoms with Crippen molar-refractivity contribution >= 4 is 15.7 Å². The lowest BCUT2D eigenvalue weighted by molar-refractivity contribution is 0.0934. The number of aromatic nitrogens is 2. The van der Waals surface area contributed by atoms with Gasteiger partial charge in [-0.3, -0.25) is 4.79 Å². The number of aryl methyl sites for hydroxylation is 1. The van der Waals surface area contributed by atoms with E-state index in [0.717, 1.165) is 29.7 Å². The first kappa shape index (κ1) is 17.2. The number of halogens is 1. The highest BCUT2D eigenvalue weighted by Gasteiger charge is 2.32. The maximum atomic E-state index is 14.4. The van der Waals surface area contributed by atoms with Crippen molar-refractivity contribution in [3.05, 3.63) is 46.5 Å². The average molecular weight is 377 g/mol. The molecule has 6 nitrogen and oxygen atoms in total. The Morgan fingerprint density at radius 1 is 1.35 bits per heavy atom. The van der Waals surface area contributed by atoms with E-state index in [4.69, 9.17) is 0 Å². The van der Waals surface area contributed by atoms with E-state index in [1.54, 1.807) is 6.07 Å². The molecular formula is C18H20FN3O3S. The van der Waals surface area contributed by atoms with Gasteiger partial charge in [0, 0.05) is 17.3 Å². The van der Waals surface area contributed by atoms with Crippen molar-refractivity contribution in [1.82, 2.24) is 15.1 Å². The standard InChI is InChI=1S/C18H20FN3O3S/c1-11-5-6-16(14(19)9-11)22-15-4-2-3-13(15)17(21-22)18(23)20-12-7-8-26(24,25)10-12/h5-6,9,12H,2-4,7-8,10H2,1H3,(H,20,23). The van der Waals surface area contributed by atoms with Gasteiger partial charge in [-0.1, -0.05) is 6.07 Å². The summed E-state index contributed by atoms with van der Waals surface area (Å²) in [5.74, 6) is -0.694. The van der Waals surface area contributed by atoms with E-state index in [1.165, 1.54) is 10.7 Å². The van der Waals surface area contributed by atoms with Gasteiger partial charge in [-0.25, -0.2) is 17.5 Å². The van der Waals surface area contributed by atoms with Gasteiger partial charge in [-0.2, -0.15) is 5.10 Å². The SMILES string of the molecule is Cc1ccc(-n2nc(C(=O)NC3CCS(=O)(=O)C3)c3c2CCC3)c(F)c1. The molecule has 1 amide bonds. The Balaban J connectivity index is 1.67. The van der Waals surface area contributed by atoms with Gasteiger partial charge in [0.05, 0.1) is 11.5 Å². The maximum absolute atomic E-state index is 14.4. The summed E-state index contributed by atoms with van der Waals surface area (Å²) in [6, 6.07) is 4.54. The number of amides is 1. The van der Waals surface area contributed by atoms with Crippen molar-refractivity contribution in [3.63, 3.8) is 0 Å². The largest absolute Gasteiger partial charge is 0.347 e. The molecule has 1 N–H and O–H groups in total. The molecule has 2 aromatic rings. The Morgan fingerprint density at radius 2 is 2.15 bits per heavy atom. The lowest BCUT2D eigenvalue weighted by Gasteiger charge is -2.10. The molecule has 8 heteroatoms. The van der Waals surface area contributed by atoms with Gasteiger partial charge in [0.25, 0.3) is 5.91 Å². The molecule has 0 saturated carbocycles. The van der Waals surface area contributed by atoms with Crippen LogP contribution in [0.1, 0.15) is 40.2 Å². The molecular weight excluding hydrogens is 357 g/mol. The first-order valence-electron chi connectivity index (χ1n) is 8.72. The van der Waals surface area contributed by atoms with Crippen molar-refractivity contribution < 1.29 is 17.6 Å². The highest BCUT2D eigenvalue weighted by molar-refractivity contribution is 7.91. The van der Waals surface area contributed by atoms with Crippen LogP contribution in [0.5, 0.6) is 0 Å². The number of hydrogen-bond acceptors (Lipinski definition) is 4. The summed E-state index contributed by atoms with van der Waals surface area (Å²) in [5, 5.41) is 7.17. The van der Waals surface area contributed by atoms with Crippen molar-refractivity contribution in [2.75, 3.05) is 11.5 Å². The smallest absolute Gasteiger partial charge is 0.272 e. The zero-order valence-corrected chi connectivity index (χ0v) is 15.3. The number of sulfone groups is 1. The maximum Gasteiger partial charge on any atom is 0.272 e. The Kier molecular flexibility index (Phi) is 4.10. The van der Waals surface area contributed by atoms with Gasteiger partial charge >= 0.3 is 0 Å². The van der Waals surface area contributed by atoms with Crippen LogP contribution in [0.3, 0.4) is 0 Å².